The zero-order valence-corrected chi connectivity index (χ0v) is 18.7. The van der Waals surface area contributed by atoms with Crippen molar-refractivity contribution in [2.75, 3.05) is 24.7 Å². The molecule has 0 atom stereocenters. The number of hydrogen-bond acceptors (Lipinski definition) is 6. The van der Waals surface area contributed by atoms with E-state index >= 15 is 0 Å². The first-order valence-corrected chi connectivity index (χ1v) is 10.6. The number of anilines is 3. The van der Waals surface area contributed by atoms with Crippen LogP contribution in [0.25, 0.3) is 11.1 Å². The molecule has 1 heterocycles. The van der Waals surface area contributed by atoms with Crippen LogP contribution < -0.4 is 16.4 Å². The van der Waals surface area contributed by atoms with Crippen LogP contribution in [0.5, 0.6) is 0 Å². The Hall–Kier alpha value is -4.30. The van der Waals surface area contributed by atoms with Crippen LogP contribution in [0, 0.1) is 5.82 Å². The van der Waals surface area contributed by atoms with Gasteiger partial charge in [0.25, 0.3) is 5.91 Å². The van der Waals surface area contributed by atoms with E-state index in [4.69, 9.17) is 10.8 Å². The SMILES string of the molecule is CNC(=O)c1cnc(Nc2ccc(F)c(-c3ccccc3)c2)nc1N.OCCc1ccccc1. The fraction of sp³-hybridized carbons (Fsp3) is 0.115. The van der Waals surface area contributed by atoms with Crippen molar-refractivity contribution in [2.24, 2.45) is 0 Å². The average molecular weight is 460 g/mol. The van der Waals surface area contributed by atoms with E-state index in [9.17, 15) is 9.18 Å². The quantitative estimate of drug-likeness (QED) is 0.344. The summed E-state index contributed by atoms with van der Waals surface area (Å²) in [5.74, 6) is -0.414. The van der Waals surface area contributed by atoms with Crippen LogP contribution >= 0.6 is 0 Å². The molecule has 7 nitrogen and oxygen atoms in total. The van der Waals surface area contributed by atoms with E-state index in [1.165, 1.54) is 24.9 Å². The zero-order chi connectivity index (χ0) is 24.3. The Morgan fingerprint density at radius 3 is 2.32 bits per heavy atom. The molecule has 5 N–H and O–H groups in total. The molecule has 0 unspecified atom stereocenters. The number of halogens is 1. The van der Waals surface area contributed by atoms with E-state index in [1.807, 2.05) is 60.7 Å². The number of nitrogens with one attached hydrogen (secondary N) is 2. The van der Waals surface area contributed by atoms with Crippen molar-refractivity contribution >= 4 is 23.4 Å². The van der Waals surface area contributed by atoms with Crippen LogP contribution in [0.4, 0.5) is 21.8 Å². The molecule has 0 saturated carbocycles. The standard InChI is InChI=1S/C18H16FN5O.C8H10O/c1-21-17(25)14-10-22-18(24-16(14)20)23-12-7-8-15(19)13(9-12)11-5-3-2-4-6-11;9-7-6-8-4-2-1-3-5-8/h2-10H,1H3,(H,21,25)(H3,20,22,23,24);1-5,9H,6-7H2. The van der Waals surface area contributed by atoms with Gasteiger partial charge in [0.05, 0.1) is 5.56 Å². The molecule has 0 saturated heterocycles. The molecule has 1 aromatic heterocycles. The highest BCUT2D eigenvalue weighted by atomic mass is 19.1. The number of amides is 1. The minimum absolute atomic E-state index is 0.0576. The first-order chi connectivity index (χ1) is 16.5. The Morgan fingerprint density at radius 1 is 1.03 bits per heavy atom. The van der Waals surface area contributed by atoms with E-state index < -0.39 is 0 Å². The second-order valence-electron chi connectivity index (χ2n) is 7.22. The van der Waals surface area contributed by atoms with E-state index in [2.05, 4.69) is 20.6 Å². The van der Waals surface area contributed by atoms with Crippen LogP contribution in [0.2, 0.25) is 0 Å². The Bertz CT molecular complexity index is 1220. The number of carbonyl (C=O) groups excluding carboxylic acids is 1. The third kappa shape index (κ3) is 6.60. The number of nitrogen functional groups attached to an aromatic ring is 1. The van der Waals surface area contributed by atoms with Crippen LogP contribution in [0.3, 0.4) is 0 Å². The molecule has 0 spiro atoms. The van der Waals surface area contributed by atoms with Gasteiger partial charge in [-0.1, -0.05) is 60.7 Å². The number of hydrogen-bond donors (Lipinski definition) is 4. The summed E-state index contributed by atoms with van der Waals surface area (Å²) in [4.78, 5) is 19.7. The highest BCUT2D eigenvalue weighted by molar-refractivity contribution is 5.98. The van der Waals surface area contributed by atoms with Gasteiger partial charge < -0.3 is 21.5 Å². The van der Waals surface area contributed by atoms with Gasteiger partial charge in [-0.15, -0.1) is 0 Å². The van der Waals surface area contributed by atoms with Gasteiger partial charge in [0.2, 0.25) is 5.95 Å². The number of rotatable bonds is 6. The van der Waals surface area contributed by atoms with E-state index in [-0.39, 0.29) is 35.7 Å². The monoisotopic (exact) mass is 459 g/mol. The summed E-state index contributed by atoms with van der Waals surface area (Å²) < 4.78 is 14.1. The van der Waals surface area contributed by atoms with Crippen molar-refractivity contribution in [3.05, 3.63) is 102 Å². The molecule has 8 heteroatoms. The van der Waals surface area contributed by atoms with Gasteiger partial charge in [-0.05, 0) is 35.7 Å². The molecule has 4 rings (SSSR count). The lowest BCUT2D eigenvalue weighted by atomic mass is 10.0. The lowest BCUT2D eigenvalue weighted by Gasteiger charge is -2.10. The van der Waals surface area contributed by atoms with Gasteiger partial charge in [-0.2, -0.15) is 4.98 Å². The molecule has 174 valence electrons. The van der Waals surface area contributed by atoms with Crippen molar-refractivity contribution in [3.63, 3.8) is 0 Å². The van der Waals surface area contributed by atoms with Crippen LogP contribution in [-0.2, 0) is 6.42 Å². The maximum atomic E-state index is 14.1. The summed E-state index contributed by atoms with van der Waals surface area (Å²) >= 11 is 0. The van der Waals surface area contributed by atoms with Crippen molar-refractivity contribution in [1.29, 1.82) is 0 Å². The molecule has 0 bridgehead atoms. The van der Waals surface area contributed by atoms with Crippen LogP contribution in [0.15, 0.2) is 85.1 Å². The topological polar surface area (TPSA) is 113 Å². The first kappa shape index (κ1) is 24.3. The molecule has 0 radical (unpaired) electrons. The maximum Gasteiger partial charge on any atom is 0.256 e. The predicted octanol–water partition coefficient (Wildman–Crippen LogP) is 4.19. The Morgan fingerprint density at radius 2 is 1.71 bits per heavy atom. The number of aliphatic hydroxyl groups excluding tert-OH is 1. The van der Waals surface area contributed by atoms with Gasteiger partial charge in [-0.25, -0.2) is 9.37 Å². The fourth-order valence-electron chi connectivity index (χ4n) is 3.11. The smallest absolute Gasteiger partial charge is 0.256 e. The van der Waals surface area contributed by atoms with Crippen molar-refractivity contribution in [1.82, 2.24) is 15.3 Å². The zero-order valence-electron chi connectivity index (χ0n) is 18.7. The summed E-state index contributed by atoms with van der Waals surface area (Å²) in [5, 5.41) is 13.9. The lowest BCUT2D eigenvalue weighted by molar-refractivity contribution is 0.0963. The lowest BCUT2D eigenvalue weighted by Crippen LogP contribution is -2.20. The average Bonchev–Trinajstić information content (AvgIpc) is 2.87. The molecular formula is C26H26FN5O2. The largest absolute Gasteiger partial charge is 0.396 e. The number of carbonyl (C=O) groups is 1. The highest BCUT2D eigenvalue weighted by Gasteiger charge is 2.12. The molecule has 0 aliphatic heterocycles. The maximum absolute atomic E-state index is 14.1. The van der Waals surface area contributed by atoms with E-state index in [0.29, 0.717) is 11.3 Å². The van der Waals surface area contributed by atoms with Crippen LogP contribution in [-0.4, -0.2) is 34.6 Å². The first-order valence-electron chi connectivity index (χ1n) is 10.6. The molecule has 0 aliphatic carbocycles. The van der Waals surface area contributed by atoms with Crippen LogP contribution in [0.1, 0.15) is 15.9 Å². The molecule has 3 aromatic carbocycles. The number of aliphatic hydroxyl groups is 1. The molecule has 0 fully saturated rings. The fourth-order valence-corrected chi connectivity index (χ4v) is 3.11. The summed E-state index contributed by atoms with van der Waals surface area (Å²) in [7, 11) is 1.50. The molecular weight excluding hydrogens is 433 g/mol. The third-order valence-electron chi connectivity index (χ3n) is 4.84. The second-order valence-corrected chi connectivity index (χ2v) is 7.22. The predicted molar refractivity (Wildman–Crippen MR) is 132 cm³/mol. The normalized spacial score (nSPS) is 10.1. The number of benzene rings is 3. The number of aromatic nitrogens is 2. The minimum atomic E-state index is -0.364. The van der Waals surface area contributed by atoms with Gasteiger partial charge in [-0.3, -0.25) is 4.79 Å². The Kier molecular flexibility index (Phi) is 8.65. The second kappa shape index (κ2) is 12.1. The molecule has 0 aliphatic rings. The third-order valence-corrected chi connectivity index (χ3v) is 4.84. The van der Waals surface area contributed by atoms with Gasteiger partial charge >= 0.3 is 0 Å². The van der Waals surface area contributed by atoms with Gasteiger partial charge in [0.1, 0.15) is 11.6 Å². The minimum Gasteiger partial charge on any atom is -0.396 e. The highest BCUT2D eigenvalue weighted by Crippen LogP contribution is 2.27. The van der Waals surface area contributed by atoms with Gasteiger partial charge in [0.15, 0.2) is 0 Å². The summed E-state index contributed by atoms with van der Waals surface area (Å²) in [6, 6.07) is 23.8. The molecule has 34 heavy (non-hydrogen) atoms. The molecule has 4 aromatic rings. The van der Waals surface area contributed by atoms with Crippen molar-refractivity contribution in [2.45, 2.75) is 6.42 Å². The van der Waals surface area contributed by atoms with E-state index in [1.54, 1.807) is 12.1 Å². The van der Waals surface area contributed by atoms with E-state index in [0.717, 1.165) is 12.0 Å². The Balaban J connectivity index is 0.000000302. The number of nitrogens with zero attached hydrogens (tertiary/aromatic N) is 2. The summed E-state index contributed by atoms with van der Waals surface area (Å²) in [6.07, 6.45) is 2.10. The van der Waals surface area contributed by atoms with Gasteiger partial charge in [0, 0.05) is 31.1 Å². The number of nitrogens with two attached hydrogens (primary N) is 1. The summed E-state index contributed by atoms with van der Waals surface area (Å²) in [6.45, 7) is 0.240. The molecule has 1 amide bonds. The van der Waals surface area contributed by atoms with Crippen molar-refractivity contribution < 1.29 is 14.3 Å². The van der Waals surface area contributed by atoms with Crippen molar-refractivity contribution in [3.8, 4) is 11.1 Å². The Labute approximate surface area is 197 Å². The summed E-state index contributed by atoms with van der Waals surface area (Å²) in [5.41, 5.74) is 9.00.